The first kappa shape index (κ1) is 25.6. The van der Waals surface area contributed by atoms with E-state index < -0.39 is 7.60 Å². The standard InChI is InChI=1S/C25H29FN3O4P/c1-4-29-25(20-9-12-22(26)13-10-20)21(17-27-29)11-16-24(30)28-23-14-7-19(8-15-23)18-34(31,32-5-2)33-6-3/h7-17H,4-6,18H2,1-3H3,(H,28,30)/b16-11+. The zero-order valence-electron chi connectivity index (χ0n) is 19.5. The van der Waals surface area contributed by atoms with Gasteiger partial charge in [-0.3, -0.25) is 14.0 Å². The molecule has 9 heteroatoms. The molecule has 0 aliphatic rings. The molecule has 0 unspecified atom stereocenters. The SMILES string of the molecule is CCOP(=O)(Cc1ccc(NC(=O)/C=C/c2cnn(CC)c2-c2ccc(F)cc2)cc1)OCC. The highest BCUT2D eigenvalue weighted by molar-refractivity contribution is 7.53. The monoisotopic (exact) mass is 485 g/mol. The van der Waals surface area contributed by atoms with Crippen LogP contribution in [-0.2, 0) is 31.1 Å². The van der Waals surface area contributed by atoms with Gasteiger partial charge in [0.25, 0.3) is 0 Å². The third kappa shape index (κ3) is 6.73. The highest BCUT2D eigenvalue weighted by Gasteiger charge is 2.23. The zero-order valence-corrected chi connectivity index (χ0v) is 20.4. The Morgan fingerprint density at radius 3 is 2.29 bits per heavy atom. The molecule has 1 heterocycles. The van der Waals surface area contributed by atoms with Gasteiger partial charge in [0.05, 0.1) is 31.3 Å². The van der Waals surface area contributed by atoms with E-state index in [1.54, 1.807) is 67.2 Å². The normalized spacial score (nSPS) is 11.8. The molecule has 0 aliphatic heterocycles. The number of halogens is 1. The Hall–Kier alpha value is -3.06. The van der Waals surface area contributed by atoms with Gasteiger partial charge < -0.3 is 14.4 Å². The largest absolute Gasteiger partial charge is 0.335 e. The van der Waals surface area contributed by atoms with Gasteiger partial charge in [0, 0.05) is 29.4 Å². The Bertz CT molecular complexity index is 1160. The van der Waals surface area contributed by atoms with Gasteiger partial charge in [-0.1, -0.05) is 12.1 Å². The van der Waals surface area contributed by atoms with Gasteiger partial charge in [-0.05, 0) is 68.8 Å². The van der Waals surface area contributed by atoms with Crippen molar-refractivity contribution in [2.75, 3.05) is 18.5 Å². The average Bonchev–Trinajstić information content (AvgIpc) is 3.23. The zero-order chi connectivity index (χ0) is 24.6. The second-order valence-electron chi connectivity index (χ2n) is 7.40. The van der Waals surface area contributed by atoms with Gasteiger partial charge >= 0.3 is 7.60 Å². The summed E-state index contributed by atoms with van der Waals surface area (Å²) in [6, 6.07) is 13.2. The molecule has 1 aromatic heterocycles. The predicted octanol–water partition coefficient (Wildman–Crippen LogP) is 6.13. The van der Waals surface area contributed by atoms with Gasteiger partial charge in [0.1, 0.15) is 5.82 Å². The van der Waals surface area contributed by atoms with Crippen molar-refractivity contribution in [3.63, 3.8) is 0 Å². The minimum atomic E-state index is -3.19. The number of carbonyl (C=O) groups is 1. The summed E-state index contributed by atoms with van der Waals surface area (Å²) >= 11 is 0. The molecule has 34 heavy (non-hydrogen) atoms. The van der Waals surface area contributed by atoms with Crippen LogP contribution in [0.1, 0.15) is 31.9 Å². The van der Waals surface area contributed by atoms with Crippen LogP contribution in [0.2, 0.25) is 0 Å². The fourth-order valence-electron chi connectivity index (χ4n) is 3.47. The summed E-state index contributed by atoms with van der Waals surface area (Å²) in [4.78, 5) is 12.5. The summed E-state index contributed by atoms with van der Waals surface area (Å²) in [6.07, 6.45) is 4.95. The Kier molecular flexibility index (Phi) is 8.93. The summed E-state index contributed by atoms with van der Waals surface area (Å²) in [5.41, 5.74) is 3.76. The van der Waals surface area contributed by atoms with Gasteiger partial charge in [0.2, 0.25) is 5.91 Å². The molecule has 0 aliphatic carbocycles. The molecule has 7 nitrogen and oxygen atoms in total. The second-order valence-corrected chi connectivity index (χ2v) is 9.45. The van der Waals surface area contributed by atoms with Crippen LogP contribution in [0.25, 0.3) is 17.3 Å². The highest BCUT2D eigenvalue weighted by Crippen LogP contribution is 2.51. The second kappa shape index (κ2) is 11.9. The lowest BCUT2D eigenvalue weighted by molar-refractivity contribution is -0.111. The quantitative estimate of drug-likeness (QED) is 0.261. The topological polar surface area (TPSA) is 82.5 Å². The molecule has 1 amide bonds. The average molecular weight is 485 g/mol. The molecule has 3 aromatic rings. The number of rotatable bonds is 11. The van der Waals surface area contributed by atoms with Gasteiger partial charge in [0.15, 0.2) is 0 Å². The molecular formula is C25H29FN3O4P. The van der Waals surface area contributed by atoms with Crippen molar-refractivity contribution in [3.05, 3.63) is 77.7 Å². The van der Waals surface area contributed by atoms with E-state index in [9.17, 15) is 13.8 Å². The number of aromatic nitrogens is 2. The van der Waals surface area contributed by atoms with Gasteiger partial charge in [-0.15, -0.1) is 0 Å². The van der Waals surface area contributed by atoms with E-state index in [4.69, 9.17) is 9.05 Å². The van der Waals surface area contributed by atoms with Gasteiger partial charge in [-0.25, -0.2) is 4.39 Å². The molecule has 0 saturated carbocycles. The fourth-order valence-corrected chi connectivity index (χ4v) is 5.18. The summed E-state index contributed by atoms with van der Waals surface area (Å²) in [7, 11) is -3.19. The van der Waals surface area contributed by atoms with E-state index in [0.717, 1.165) is 22.4 Å². The van der Waals surface area contributed by atoms with Crippen molar-refractivity contribution in [1.29, 1.82) is 0 Å². The van der Waals surface area contributed by atoms with Crippen molar-refractivity contribution in [1.82, 2.24) is 9.78 Å². The Morgan fingerprint density at radius 2 is 1.71 bits per heavy atom. The molecule has 0 spiro atoms. The molecule has 1 N–H and O–H groups in total. The Balaban J connectivity index is 1.68. The van der Waals surface area contributed by atoms with Crippen LogP contribution in [0.4, 0.5) is 10.1 Å². The van der Waals surface area contributed by atoms with Crippen LogP contribution in [0.3, 0.4) is 0 Å². The molecular weight excluding hydrogens is 456 g/mol. The highest BCUT2D eigenvalue weighted by atomic mass is 31.2. The predicted molar refractivity (Wildman–Crippen MR) is 132 cm³/mol. The van der Waals surface area contributed by atoms with E-state index >= 15 is 0 Å². The number of anilines is 1. The van der Waals surface area contributed by atoms with Crippen molar-refractivity contribution in [3.8, 4) is 11.3 Å². The fraction of sp³-hybridized carbons (Fsp3) is 0.280. The van der Waals surface area contributed by atoms with Gasteiger partial charge in [-0.2, -0.15) is 5.10 Å². The summed E-state index contributed by atoms with van der Waals surface area (Å²) in [5, 5.41) is 7.16. The maximum absolute atomic E-state index is 13.3. The van der Waals surface area contributed by atoms with E-state index in [-0.39, 0.29) is 17.9 Å². The van der Waals surface area contributed by atoms with Crippen LogP contribution in [-0.4, -0.2) is 28.9 Å². The summed E-state index contributed by atoms with van der Waals surface area (Å²) < 4.78 is 38.5. The molecule has 2 aromatic carbocycles. The molecule has 0 atom stereocenters. The number of nitrogens with zero attached hydrogens (tertiary/aromatic N) is 2. The van der Waals surface area contributed by atoms with Crippen LogP contribution < -0.4 is 5.32 Å². The first-order valence-electron chi connectivity index (χ1n) is 11.1. The number of hydrogen-bond acceptors (Lipinski definition) is 5. The van der Waals surface area contributed by atoms with Crippen LogP contribution in [0.15, 0.2) is 60.8 Å². The van der Waals surface area contributed by atoms with Crippen LogP contribution in [0, 0.1) is 5.82 Å². The number of hydrogen-bond donors (Lipinski definition) is 1. The molecule has 0 fully saturated rings. The molecule has 0 bridgehead atoms. The summed E-state index contributed by atoms with van der Waals surface area (Å²) in [5.74, 6) is -0.622. The number of aryl methyl sites for hydroxylation is 1. The third-order valence-corrected chi connectivity index (χ3v) is 7.00. The smallest absolute Gasteiger partial charge is 0.323 e. The lowest BCUT2D eigenvalue weighted by Gasteiger charge is -2.17. The van der Waals surface area contributed by atoms with E-state index in [0.29, 0.717) is 25.4 Å². The molecule has 180 valence electrons. The van der Waals surface area contributed by atoms with Crippen molar-refractivity contribution in [2.45, 2.75) is 33.5 Å². The lowest BCUT2D eigenvalue weighted by Crippen LogP contribution is -2.07. The minimum absolute atomic E-state index is 0.163. The van der Waals surface area contributed by atoms with E-state index in [1.807, 2.05) is 6.92 Å². The third-order valence-electron chi connectivity index (χ3n) is 4.95. The Labute approximate surface area is 199 Å². The van der Waals surface area contributed by atoms with Crippen molar-refractivity contribution in [2.24, 2.45) is 0 Å². The van der Waals surface area contributed by atoms with Crippen molar-refractivity contribution < 1.29 is 22.8 Å². The van der Waals surface area contributed by atoms with Crippen LogP contribution >= 0.6 is 7.60 Å². The van der Waals surface area contributed by atoms with E-state index in [2.05, 4.69) is 10.4 Å². The molecule has 0 saturated heterocycles. The van der Waals surface area contributed by atoms with E-state index in [1.165, 1.54) is 18.2 Å². The molecule has 3 rings (SSSR count). The minimum Gasteiger partial charge on any atom is -0.323 e. The summed E-state index contributed by atoms with van der Waals surface area (Å²) in [6.45, 7) is 6.75. The number of carbonyl (C=O) groups excluding carboxylic acids is 1. The van der Waals surface area contributed by atoms with Crippen LogP contribution in [0.5, 0.6) is 0 Å². The first-order chi connectivity index (χ1) is 16.4. The number of amides is 1. The molecule has 0 radical (unpaired) electrons. The number of benzene rings is 2. The number of nitrogens with one attached hydrogen (secondary N) is 1. The first-order valence-corrected chi connectivity index (χ1v) is 12.9. The van der Waals surface area contributed by atoms with Crippen molar-refractivity contribution >= 4 is 25.3 Å². The Morgan fingerprint density at radius 1 is 1.06 bits per heavy atom. The maximum atomic E-state index is 13.3. The lowest BCUT2D eigenvalue weighted by atomic mass is 10.1. The maximum Gasteiger partial charge on any atom is 0.335 e.